The lowest BCUT2D eigenvalue weighted by Crippen LogP contribution is -2.21. The number of esters is 1. The molecule has 1 aliphatic rings. The fourth-order valence-corrected chi connectivity index (χ4v) is 4.17. The number of carbonyl (C=O) groups is 1. The SMILES string of the molecule is CCOC(=O)C1CCCC1=NCc1nccn1Cc1ccc(-c2ccc(C(F)(F)F)cc2)cc1. The third-order valence-corrected chi connectivity index (χ3v) is 5.98. The molecule has 2 aromatic carbocycles. The number of hydrogen-bond donors (Lipinski definition) is 0. The van der Waals surface area contributed by atoms with Gasteiger partial charge >= 0.3 is 12.1 Å². The van der Waals surface area contributed by atoms with Gasteiger partial charge in [0.2, 0.25) is 0 Å². The Hall–Kier alpha value is -3.42. The van der Waals surface area contributed by atoms with Crippen molar-refractivity contribution in [2.24, 2.45) is 10.9 Å². The summed E-state index contributed by atoms with van der Waals surface area (Å²) < 4.78 is 45.5. The van der Waals surface area contributed by atoms with Gasteiger partial charge in [0.15, 0.2) is 0 Å². The van der Waals surface area contributed by atoms with E-state index in [9.17, 15) is 18.0 Å². The molecule has 1 fully saturated rings. The molecule has 4 rings (SSSR count). The summed E-state index contributed by atoms with van der Waals surface area (Å²) in [5, 5.41) is 0. The zero-order chi connectivity index (χ0) is 24.1. The van der Waals surface area contributed by atoms with Crippen LogP contribution in [-0.4, -0.2) is 27.8 Å². The summed E-state index contributed by atoms with van der Waals surface area (Å²) in [4.78, 5) is 21.2. The minimum absolute atomic E-state index is 0.199. The van der Waals surface area contributed by atoms with E-state index in [4.69, 9.17) is 4.74 Å². The zero-order valence-corrected chi connectivity index (χ0v) is 18.9. The second kappa shape index (κ2) is 10.2. The molecular weight excluding hydrogens is 443 g/mol. The van der Waals surface area contributed by atoms with E-state index in [-0.39, 0.29) is 11.9 Å². The van der Waals surface area contributed by atoms with Gasteiger partial charge in [0, 0.05) is 24.7 Å². The van der Waals surface area contributed by atoms with Gasteiger partial charge in [-0.25, -0.2) is 4.98 Å². The van der Waals surface area contributed by atoms with Gasteiger partial charge in [-0.1, -0.05) is 36.4 Å². The van der Waals surface area contributed by atoms with Gasteiger partial charge in [-0.05, 0) is 55.0 Å². The summed E-state index contributed by atoms with van der Waals surface area (Å²) in [6, 6.07) is 12.9. The van der Waals surface area contributed by atoms with Gasteiger partial charge < -0.3 is 9.30 Å². The molecule has 178 valence electrons. The summed E-state index contributed by atoms with van der Waals surface area (Å²) in [5.74, 6) is 0.352. The minimum Gasteiger partial charge on any atom is -0.465 e. The van der Waals surface area contributed by atoms with Crippen molar-refractivity contribution in [3.8, 4) is 11.1 Å². The average Bonchev–Trinajstić information content (AvgIpc) is 3.47. The molecule has 1 heterocycles. The number of benzene rings is 2. The molecule has 1 unspecified atom stereocenters. The van der Waals surface area contributed by atoms with Gasteiger partial charge in [-0.15, -0.1) is 0 Å². The highest BCUT2D eigenvalue weighted by Crippen LogP contribution is 2.31. The Morgan fingerprint density at radius 1 is 1.12 bits per heavy atom. The van der Waals surface area contributed by atoms with Gasteiger partial charge in [-0.3, -0.25) is 9.79 Å². The maximum Gasteiger partial charge on any atom is 0.416 e. The van der Waals surface area contributed by atoms with Crippen LogP contribution in [0.3, 0.4) is 0 Å². The number of alkyl halides is 3. The van der Waals surface area contributed by atoms with Crippen LogP contribution in [-0.2, 0) is 28.8 Å². The first-order valence-corrected chi connectivity index (χ1v) is 11.3. The second-order valence-electron chi connectivity index (χ2n) is 8.25. The summed E-state index contributed by atoms with van der Waals surface area (Å²) in [5.41, 5.74) is 2.84. The Kier molecular flexibility index (Phi) is 7.14. The van der Waals surface area contributed by atoms with E-state index in [2.05, 4.69) is 9.98 Å². The van der Waals surface area contributed by atoms with Crippen LogP contribution in [0.4, 0.5) is 13.2 Å². The van der Waals surface area contributed by atoms with Crippen molar-refractivity contribution in [3.63, 3.8) is 0 Å². The molecule has 0 bridgehead atoms. The molecule has 0 N–H and O–H groups in total. The average molecular weight is 470 g/mol. The topological polar surface area (TPSA) is 56.5 Å². The lowest BCUT2D eigenvalue weighted by atomic mass is 10.0. The van der Waals surface area contributed by atoms with E-state index in [0.29, 0.717) is 19.7 Å². The quantitative estimate of drug-likeness (QED) is 0.404. The van der Waals surface area contributed by atoms with E-state index < -0.39 is 11.7 Å². The van der Waals surface area contributed by atoms with E-state index in [1.54, 1.807) is 13.1 Å². The molecule has 0 spiro atoms. The molecule has 8 heteroatoms. The molecule has 0 amide bonds. The van der Waals surface area contributed by atoms with Crippen molar-refractivity contribution in [3.05, 3.63) is 77.9 Å². The molecule has 5 nitrogen and oxygen atoms in total. The number of imidazole rings is 1. The summed E-state index contributed by atoms with van der Waals surface area (Å²) >= 11 is 0. The van der Waals surface area contributed by atoms with Crippen molar-refractivity contribution in [1.82, 2.24) is 9.55 Å². The number of halogens is 3. The highest BCUT2D eigenvalue weighted by Gasteiger charge is 2.31. The van der Waals surface area contributed by atoms with E-state index >= 15 is 0 Å². The van der Waals surface area contributed by atoms with Crippen molar-refractivity contribution >= 4 is 11.7 Å². The third-order valence-electron chi connectivity index (χ3n) is 5.98. The first kappa shape index (κ1) is 23.7. The number of ether oxygens (including phenoxy) is 1. The Labute approximate surface area is 196 Å². The zero-order valence-electron chi connectivity index (χ0n) is 18.9. The van der Waals surface area contributed by atoms with Crippen molar-refractivity contribution < 1.29 is 22.7 Å². The van der Waals surface area contributed by atoms with Crippen molar-refractivity contribution in [1.29, 1.82) is 0 Å². The Balaban J connectivity index is 1.42. The van der Waals surface area contributed by atoms with Crippen LogP contribution < -0.4 is 0 Å². The van der Waals surface area contributed by atoms with Crippen molar-refractivity contribution in [2.75, 3.05) is 6.61 Å². The fourth-order valence-electron chi connectivity index (χ4n) is 4.17. The molecule has 1 atom stereocenters. The molecular formula is C26H26F3N3O2. The van der Waals surface area contributed by atoms with Gasteiger partial charge in [0.1, 0.15) is 5.82 Å². The molecule has 0 saturated heterocycles. The van der Waals surface area contributed by atoms with Gasteiger partial charge in [0.05, 0.1) is 24.6 Å². The third kappa shape index (κ3) is 5.55. The predicted octanol–water partition coefficient (Wildman–Crippen LogP) is 5.92. The number of nitrogens with zero attached hydrogens (tertiary/aromatic N) is 3. The number of hydrogen-bond acceptors (Lipinski definition) is 4. The lowest BCUT2D eigenvalue weighted by Gasteiger charge is -2.11. The highest BCUT2D eigenvalue weighted by molar-refractivity contribution is 6.03. The molecule has 3 aromatic rings. The van der Waals surface area contributed by atoms with Gasteiger partial charge in [0.25, 0.3) is 0 Å². The van der Waals surface area contributed by atoms with Crippen LogP contribution in [0.1, 0.15) is 43.1 Å². The molecule has 0 aliphatic heterocycles. The maximum atomic E-state index is 12.8. The number of aromatic nitrogens is 2. The van der Waals surface area contributed by atoms with Crippen LogP contribution in [0.25, 0.3) is 11.1 Å². The highest BCUT2D eigenvalue weighted by atomic mass is 19.4. The monoisotopic (exact) mass is 469 g/mol. The predicted molar refractivity (Wildman–Crippen MR) is 123 cm³/mol. The number of rotatable bonds is 7. The smallest absolute Gasteiger partial charge is 0.416 e. The van der Waals surface area contributed by atoms with Crippen molar-refractivity contribution in [2.45, 2.75) is 45.5 Å². The number of carbonyl (C=O) groups excluding carboxylic acids is 1. The van der Waals surface area contributed by atoms with E-state index in [0.717, 1.165) is 59.6 Å². The molecule has 1 aliphatic carbocycles. The molecule has 34 heavy (non-hydrogen) atoms. The number of aliphatic imine (C=N–C) groups is 1. The molecule has 0 radical (unpaired) electrons. The largest absolute Gasteiger partial charge is 0.465 e. The second-order valence-corrected chi connectivity index (χ2v) is 8.25. The molecule has 1 saturated carbocycles. The van der Waals surface area contributed by atoms with Crippen LogP contribution in [0.15, 0.2) is 65.9 Å². The standard InChI is InChI=1S/C26H26F3N3O2/c1-2-34-25(33)22-4-3-5-23(22)31-16-24-30-14-15-32(24)17-18-6-8-19(9-7-18)20-10-12-21(13-11-20)26(27,28)29/h6-15,22H,2-5,16-17H2,1H3. The lowest BCUT2D eigenvalue weighted by molar-refractivity contribution is -0.145. The van der Waals surface area contributed by atoms with E-state index in [1.807, 2.05) is 35.0 Å². The minimum atomic E-state index is -4.34. The first-order valence-electron chi connectivity index (χ1n) is 11.3. The summed E-state index contributed by atoms with van der Waals surface area (Å²) in [7, 11) is 0. The Morgan fingerprint density at radius 2 is 1.79 bits per heavy atom. The first-order chi connectivity index (χ1) is 16.3. The van der Waals surface area contributed by atoms with Gasteiger partial charge in [-0.2, -0.15) is 13.2 Å². The van der Waals surface area contributed by atoms with Crippen LogP contribution in [0.2, 0.25) is 0 Å². The maximum absolute atomic E-state index is 12.8. The Morgan fingerprint density at radius 3 is 2.44 bits per heavy atom. The summed E-state index contributed by atoms with van der Waals surface area (Å²) in [6.45, 7) is 3.15. The normalized spacial score (nSPS) is 17.3. The van der Waals surface area contributed by atoms with E-state index in [1.165, 1.54) is 12.1 Å². The fraction of sp³-hybridized carbons (Fsp3) is 0.346. The van der Waals surface area contributed by atoms with Crippen LogP contribution >= 0.6 is 0 Å². The van der Waals surface area contributed by atoms with Crippen LogP contribution in [0.5, 0.6) is 0 Å². The summed E-state index contributed by atoms with van der Waals surface area (Å²) in [6.07, 6.45) is 1.78. The van der Waals surface area contributed by atoms with Crippen LogP contribution in [0, 0.1) is 5.92 Å². The Bertz CT molecular complexity index is 1150. The molecule has 1 aromatic heterocycles.